The van der Waals surface area contributed by atoms with E-state index in [1.54, 1.807) is 16.8 Å². The number of fused-ring (bicyclic) bond motifs is 1. The molecular formula is C21H25FN4O2Si. The number of nitrogens with zero attached hydrogens (tertiary/aromatic N) is 4. The lowest BCUT2D eigenvalue weighted by molar-refractivity contribution is 0.198. The lowest BCUT2D eigenvalue weighted by Gasteiger charge is -2.36. The van der Waals surface area contributed by atoms with Crippen molar-refractivity contribution in [2.75, 3.05) is 13.2 Å². The van der Waals surface area contributed by atoms with Gasteiger partial charge in [-0.05, 0) is 36.3 Å². The molecule has 0 bridgehead atoms. The van der Waals surface area contributed by atoms with Crippen LogP contribution in [0.4, 0.5) is 4.39 Å². The van der Waals surface area contributed by atoms with E-state index in [1.165, 1.54) is 12.3 Å². The van der Waals surface area contributed by atoms with E-state index in [1.807, 2.05) is 12.1 Å². The zero-order chi connectivity index (χ0) is 21.2. The van der Waals surface area contributed by atoms with Crippen LogP contribution in [0.5, 0.6) is 5.88 Å². The second-order valence-electron chi connectivity index (χ2n) is 8.33. The van der Waals surface area contributed by atoms with Crippen LogP contribution in [0.2, 0.25) is 18.1 Å². The van der Waals surface area contributed by atoms with Crippen molar-refractivity contribution in [2.24, 2.45) is 0 Å². The molecule has 152 valence electrons. The van der Waals surface area contributed by atoms with Gasteiger partial charge in [-0.15, -0.1) is 5.10 Å². The first-order valence-electron chi connectivity index (χ1n) is 9.44. The van der Waals surface area contributed by atoms with Gasteiger partial charge >= 0.3 is 0 Å². The Morgan fingerprint density at radius 2 is 1.97 bits per heavy atom. The highest BCUT2D eigenvalue weighted by Crippen LogP contribution is 2.36. The maximum Gasteiger partial charge on any atom is 0.252 e. The summed E-state index contributed by atoms with van der Waals surface area (Å²) in [5.74, 6) is -0.297. The standard InChI is InChI=1S/C21H25FN4O2Si/c1-21(2,3)29(4,5)28-12-11-27-20-17(13-23)19-16(7-6-10-26(19)25-20)15-8-9-18(22)24-14-15/h6-10,14H,11-12H2,1-5H3. The van der Waals surface area contributed by atoms with Crippen LogP contribution >= 0.6 is 0 Å². The molecule has 6 nitrogen and oxygen atoms in total. The molecule has 0 aromatic carbocycles. The van der Waals surface area contributed by atoms with Gasteiger partial charge in [0.2, 0.25) is 5.95 Å². The maximum atomic E-state index is 13.2. The smallest absolute Gasteiger partial charge is 0.252 e. The monoisotopic (exact) mass is 412 g/mol. The van der Waals surface area contributed by atoms with Gasteiger partial charge in [-0.25, -0.2) is 9.50 Å². The predicted molar refractivity (Wildman–Crippen MR) is 112 cm³/mol. The number of hydrogen-bond donors (Lipinski definition) is 0. The SMILES string of the molecule is CC(C)(C)[Si](C)(C)OCCOc1nn2cccc(-c3ccc(F)nc3)c2c1C#N. The number of pyridine rings is 2. The molecule has 0 fully saturated rings. The predicted octanol–water partition coefficient (Wildman–Crippen LogP) is 4.81. The Hall–Kier alpha value is -2.76. The molecule has 29 heavy (non-hydrogen) atoms. The molecule has 3 aromatic rings. The zero-order valence-electron chi connectivity index (χ0n) is 17.4. The summed E-state index contributed by atoms with van der Waals surface area (Å²) in [4.78, 5) is 3.70. The van der Waals surface area contributed by atoms with Crippen molar-refractivity contribution in [1.82, 2.24) is 14.6 Å². The maximum absolute atomic E-state index is 13.2. The van der Waals surface area contributed by atoms with Crippen LogP contribution in [-0.4, -0.2) is 36.1 Å². The third kappa shape index (κ3) is 4.31. The summed E-state index contributed by atoms with van der Waals surface area (Å²) >= 11 is 0. The van der Waals surface area contributed by atoms with Crippen molar-refractivity contribution in [3.8, 4) is 23.1 Å². The van der Waals surface area contributed by atoms with E-state index in [-0.39, 0.29) is 10.9 Å². The van der Waals surface area contributed by atoms with Crippen molar-refractivity contribution >= 4 is 13.8 Å². The fraction of sp³-hybridized carbons (Fsp3) is 0.381. The zero-order valence-corrected chi connectivity index (χ0v) is 18.4. The van der Waals surface area contributed by atoms with Crippen LogP contribution in [0.25, 0.3) is 16.6 Å². The van der Waals surface area contributed by atoms with Crippen LogP contribution in [0.15, 0.2) is 36.7 Å². The topological polar surface area (TPSA) is 72.4 Å². The van der Waals surface area contributed by atoms with Gasteiger partial charge in [0.15, 0.2) is 8.32 Å². The molecule has 8 heteroatoms. The van der Waals surface area contributed by atoms with Crippen LogP contribution < -0.4 is 4.74 Å². The Bertz CT molecular complexity index is 1050. The number of aromatic nitrogens is 3. The molecule has 0 saturated heterocycles. The Kier molecular flexibility index (Phi) is 5.73. The fourth-order valence-electron chi connectivity index (χ4n) is 2.70. The number of hydrogen-bond acceptors (Lipinski definition) is 5. The highest BCUT2D eigenvalue weighted by atomic mass is 28.4. The largest absolute Gasteiger partial charge is 0.473 e. The van der Waals surface area contributed by atoms with Gasteiger partial charge in [-0.3, -0.25) is 0 Å². The van der Waals surface area contributed by atoms with E-state index in [4.69, 9.17) is 9.16 Å². The molecule has 3 aromatic heterocycles. The van der Waals surface area contributed by atoms with Gasteiger partial charge in [0, 0.05) is 23.5 Å². The quantitative estimate of drug-likeness (QED) is 0.330. The third-order valence-electron chi connectivity index (χ3n) is 5.37. The van der Waals surface area contributed by atoms with E-state index in [9.17, 15) is 9.65 Å². The Balaban J connectivity index is 1.84. The Morgan fingerprint density at radius 3 is 2.59 bits per heavy atom. The van der Waals surface area contributed by atoms with E-state index in [0.717, 1.165) is 5.56 Å². The molecule has 0 amide bonds. The minimum absolute atomic E-state index is 0.117. The summed E-state index contributed by atoms with van der Waals surface area (Å²) in [6, 6.07) is 8.75. The third-order valence-corrected chi connectivity index (χ3v) is 9.90. The van der Waals surface area contributed by atoms with Gasteiger partial charge in [0.25, 0.3) is 5.88 Å². The molecule has 0 unspecified atom stereocenters. The van der Waals surface area contributed by atoms with Crippen molar-refractivity contribution < 1.29 is 13.6 Å². The van der Waals surface area contributed by atoms with Crippen LogP contribution in [-0.2, 0) is 4.43 Å². The number of rotatable bonds is 6. The molecule has 0 radical (unpaired) electrons. The van der Waals surface area contributed by atoms with Gasteiger partial charge in [0.1, 0.15) is 18.2 Å². The van der Waals surface area contributed by atoms with Crippen LogP contribution in [0.3, 0.4) is 0 Å². The van der Waals surface area contributed by atoms with E-state index in [2.05, 4.69) is 50.0 Å². The molecule has 0 N–H and O–H groups in total. The highest BCUT2D eigenvalue weighted by Gasteiger charge is 2.37. The Morgan fingerprint density at radius 1 is 1.21 bits per heavy atom. The van der Waals surface area contributed by atoms with Crippen molar-refractivity contribution in [1.29, 1.82) is 5.26 Å². The summed E-state index contributed by atoms with van der Waals surface area (Å²) < 4.78 is 26.7. The molecule has 0 aliphatic carbocycles. The molecule has 0 atom stereocenters. The average molecular weight is 413 g/mol. The lowest BCUT2D eigenvalue weighted by Crippen LogP contribution is -2.41. The first-order chi connectivity index (χ1) is 13.6. The van der Waals surface area contributed by atoms with E-state index < -0.39 is 14.3 Å². The normalized spacial score (nSPS) is 12.2. The van der Waals surface area contributed by atoms with Gasteiger partial charge < -0.3 is 9.16 Å². The number of halogens is 1. The number of nitriles is 1. The van der Waals surface area contributed by atoms with E-state index >= 15 is 0 Å². The average Bonchev–Trinajstić information content (AvgIpc) is 3.02. The molecule has 0 aliphatic rings. The second kappa shape index (κ2) is 7.93. The van der Waals surface area contributed by atoms with E-state index in [0.29, 0.717) is 29.9 Å². The molecule has 0 aliphatic heterocycles. The summed E-state index contributed by atoms with van der Waals surface area (Å²) in [7, 11) is -1.86. The molecule has 3 heterocycles. The molecular weight excluding hydrogens is 387 g/mol. The molecule has 0 spiro atoms. The van der Waals surface area contributed by atoms with Crippen LogP contribution in [0.1, 0.15) is 26.3 Å². The van der Waals surface area contributed by atoms with Gasteiger partial charge in [-0.1, -0.05) is 26.8 Å². The van der Waals surface area contributed by atoms with Gasteiger partial charge in [0.05, 0.1) is 12.1 Å². The molecule has 3 rings (SSSR count). The summed E-state index contributed by atoms with van der Waals surface area (Å²) in [5.41, 5.74) is 2.36. The van der Waals surface area contributed by atoms with Crippen molar-refractivity contribution in [3.05, 3.63) is 48.2 Å². The first-order valence-corrected chi connectivity index (χ1v) is 12.3. The first kappa shape index (κ1) is 21.0. The minimum atomic E-state index is -1.86. The Labute approximate surface area is 171 Å². The minimum Gasteiger partial charge on any atom is -0.473 e. The summed E-state index contributed by atoms with van der Waals surface area (Å²) in [6.45, 7) is 11.6. The van der Waals surface area contributed by atoms with Crippen LogP contribution in [0, 0.1) is 17.3 Å². The van der Waals surface area contributed by atoms with Crippen molar-refractivity contribution in [3.63, 3.8) is 0 Å². The molecule has 0 saturated carbocycles. The fourth-order valence-corrected chi connectivity index (χ4v) is 3.73. The summed E-state index contributed by atoms with van der Waals surface area (Å²) in [6.07, 6.45) is 3.18. The highest BCUT2D eigenvalue weighted by molar-refractivity contribution is 6.74. The lowest BCUT2D eigenvalue weighted by atomic mass is 10.1. The second-order valence-corrected chi connectivity index (χ2v) is 13.1. The summed E-state index contributed by atoms with van der Waals surface area (Å²) in [5, 5.41) is 14.3. The van der Waals surface area contributed by atoms with Crippen molar-refractivity contribution in [2.45, 2.75) is 38.9 Å². The van der Waals surface area contributed by atoms with Gasteiger partial charge in [-0.2, -0.15) is 9.65 Å². The number of ether oxygens (including phenoxy) is 1.